The Morgan fingerprint density at radius 2 is 1.74 bits per heavy atom. The van der Waals surface area contributed by atoms with E-state index in [1.165, 1.54) is 11.8 Å². The highest BCUT2D eigenvalue weighted by molar-refractivity contribution is 9.10. The maximum absolute atomic E-state index is 13.3. The first-order valence-electron chi connectivity index (χ1n) is 10.3. The predicted molar refractivity (Wildman–Crippen MR) is 137 cm³/mol. The number of hydrazone groups is 1. The van der Waals surface area contributed by atoms with E-state index in [1.54, 1.807) is 23.5 Å². The molecule has 1 unspecified atom stereocenters. The first-order chi connectivity index (χ1) is 16.6. The molecule has 0 saturated heterocycles. The van der Waals surface area contributed by atoms with Gasteiger partial charge in [-0.05, 0) is 47.5 Å². The number of nitrogens with zero attached hydrogens (tertiary/aromatic N) is 5. The van der Waals surface area contributed by atoms with Crippen molar-refractivity contribution in [2.45, 2.75) is 17.7 Å². The molecule has 0 N–H and O–H groups in total. The lowest BCUT2D eigenvalue weighted by Gasteiger charge is -2.21. The molecule has 0 saturated carbocycles. The van der Waals surface area contributed by atoms with Gasteiger partial charge in [0.25, 0.3) is 11.1 Å². The molecular weight excluding hydrogens is 582 g/mol. The Bertz CT molecular complexity index is 1330. The van der Waals surface area contributed by atoms with Crippen molar-refractivity contribution in [2.24, 2.45) is 5.10 Å². The van der Waals surface area contributed by atoms with E-state index in [0.29, 0.717) is 17.5 Å². The minimum atomic E-state index is -0.187. The van der Waals surface area contributed by atoms with Crippen molar-refractivity contribution in [2.75, 3.05) is 5.75 Å². The average Bonchev–Trinajstić information content (AvgIpc) is 3.52. The summed E-state index contributed by atoms with van der Waals surface area (Å²) in [6.45, 7) is 0. The first-order valence-corrected chi connectivity index (χ1v) is 12.9. The van der Waals surface area contributed by atoms with Crippen LogP contribution in [-0.4, -0.2) is 37.6 Å². The standard InChI is InChI=1S/C24H17Br2N5O2S/c25-18-7-3-15(4-8-18)20-12-21(16-5-9-19(26)10-6-16)31(30-20)22(32)14-34-24-29-28-23(33-24)17-2-1-11-27-13-17/h1-11,13,21H,12,14H2. The van der Waals surface area contributed by atoms with Crippen molar-refractivity contribution in [3.63, 3.8) is 0 Å². The number of benzene rings is 2. The molecule has 1 aliphatic heterocycles. The lowest BCUT2D eigenvalue weighted by atomic mass is 9.98. The minimum Gasteiger partial charge on any atom is -0.411 e. The van der Waals surface area contributed by atoms with Crippen LogP contribution in [0.1, 0.15) is 23.6 Å². The second kappa shape index (κ2) is 10.2. The van der Waals surface area contributed by atoms with Gasteiger partial charge in [-0.1, -0.05) is 67.9 Å². The highest BCUT2D eigenvalue weighted by atomic mass is 79.9. The van der Waals surface area contributed by atoms with Crippen LogP contribution < -0.4 is 0 Å². The van der Waals surface area contributed by atoms with Crippen LogP contribution in [0.2, 0.25) is 0 Å². The summed E-state index contributed by atoms with van der Waals surface area (Å²) in [6, 6.07) is 19.4. The fraction of sp³-hybridized carbons (Fsp3) is 0.125. The number of halogens is 2. The molecule has 0 bridgehead atoms. The molecule has 3 heterocycles. The third kappa shape index (κ3) is 5.13. The molecule has 1 aliphatic rings. The van der Waals surface area contributed by atoms with Crippen LogP contribution in [0.5, 0.6) is 0 Å². The molecule has 1 atom stereocenters. The molecule has 2 aromatic heterocycles. The zero-order chi connectivity index (χ0) is 23.5. The first kappa shape index (κ1) is 22.9. The van der Waals surface area contributed by atoms with Crippen LogP contribution in [0, 0.1) is 0 Å². The van der Waals surface area contributed by atoms with Crippen LogP contribution in [0.15, 0.2) is 96.7 Å². The number of hydrogen-bond acceptors (Lipinski definition) is 7. The molecule has 7 nitrogen and oxygen atoms in total. The lowest BCUT2D eigenvalue weighted by molar-refractivity contribution is -0.130. The van der Waals surface area contributed by atoms with Gasteiger partial charge in [0.15, 0.2) is 0 Å². The number of pyridine rings is 1. The minimum absolute atomic E-state index is 0.124. The number of thioether (sulfide) groups is 1. The normalized spacial score (nSPS) is 15.4. The number of carbonyl (C=O) groups is 1. The van der Waals surface area contributed by atoms with Gasteiger partial charge in [-0.2, -0.15) is 5.10 Å². The zero-order valence-electron chi connectivity index (χ0n) is 17.6. The van der Waals surface area contributed by atoms with E-state index in [4.69, 9.17) is 9.52 Å². The highest BCUT2D eigenvalue weighted by Gasteiger charge is 2.33. The summed E-state index contributed by atoms with van der Waals surface area (Å²) in [5.74, 6) is 0.359. The molecule has 5 rings (SSSR count). The van der Waals surface area contributed by atoms with Crippen LogP contribution in [-0.2, 0) is 4.79 Å². The van der Waals surface area contributed by atoms with Gasteiger partial charge in [-0.3, -0.25) is 9.78 Å². The molecule has 2 aromatic carbocycles. The summed E-state index contributed by atoms with van der Waals surface area (Å²) in [4.78, 5) is 17.3. The average molecular weight is 599 g/mol. The summed E-state index contributed by atoms with van der Waals surface area (Å²) in [5, 5.41) is 14.7. The van der Waals surface area contributed by atoms with Crippen molar-refractivity contribution in [1.82, 2.24) is 20.2 Å². The molecule has 34 heavy (non-hydrogen) atoms. The molecule has 0 fully saturated rings. The number of aromatic nitrogens is 3. The van der Waals surface area contributed by atoms with Gasteiger partial charge < -0.3 is 4.42 Å². The molecule has 1 amide bonds. The summed E-state index contributed by atoms with van der Waals surface area (Å²) in [7, 11) is 0. The molecule has 170 valence electrons. The number of rotatable bonds is 6. The topological polar surface area (TPSA) is 84.5 Å². The van der Waals surface area contributed by atoms with Crippen LogP contribution >= 0.6 is 43.6 Å². The van der Waals surface area contributed by atoms with Crippen LogP contribution in [0.3, 0.4) is 0 Å². The van der Waals surface area contributed by atoms with Gasteiger partial charge in [0.1, 0.15) is 0 Å². The third-order valence-corrected chi connectivity index (χ3v) is 7.09. The van der Waals surface area contributed by atoms with Gasteiger partial charge >= 0.3 is 0 Å². The maximum Gasteiger partial charge on any atom is 0.277 e. The monoisotopic (exact) mass is 597 g/mol. The summed E-state index contributed by atoms with van der Waals surface area (Å²) in [6.07, 6.45) is 3.96. The third-order valence-electron chi connectivity index (χ3n) is 5.23. The Labute approximate surface area is 216 Å². The van der Waals surface area contributed by atoms with Crippen molar-refractivity contribution in [3.8, 4) is 11.5 Å². The highest BCUT2D eigenvalue weighted by Crippen LogP contribution is 2.34. The Hall–Kier alpha value is -2.82. The van der Waals surface area contributed by atoms with Gasteiger partial charge in [0.2, 0.25) is 5.89 Å². The summed E-state index contributed by atoms with van der Waals surface area (Å²) < 4.78 is 7.67. The zero-order valence-corrected chi connectivity index (χ0v) is 21.6. The van der Waals surface area contributed by atoms with Gasteiger partial charge in [0.05, 0.1) is 23.1 Å². The molecule has 0 radical (unpaired) electrons. The Kier molecular flexibility index (Phi) is 6.89. The van der Waals surface area contributed by atoms with E-state index in [-0.39, 0.29) is 17.7 Å². The summed E-state index contributed by atoms with van der Waals surface area (Å²) in [5.41, 5.74) is 3.61. The fourth-order valence-corrected chi connectivity index (χ4v) is 4.71. The second-order valence-corrected chi connectivity index (χ2v) is 10.2. The fourth-order valence-electron chi connectivity index (χ4n) is 3.57. The second-order valence-electron chi connectivity index (χ2n) is 7.47. The van der Waals surface area contributed by atoms with E-state index in [0.717, 1.165) is 31.3 Å². The lowest BCUT2D eigenvalue weighted by Crippen LogP contribution is -2.28. The molecular formula is C24H17Br2N5O2S. The Morgan fingerprint density at radius 1 is 1.00 bits per heavy atom. The molecule has 0 aliphatic carbocycles. The smallest absolute Gasteiger partial charge is 0.277 e. The maximum atomic E-state index is 13.3. The predicted octanol–water partition coefficient (Wildman–Crippen LogP) is 6.13. The van der Waals surface area contributed by atoms with Gasteiger partial charge in [-0.25, -0.2) is 5.01 Å². The van der Waals surface area contributed by atoms with E-state index in [2.05, 4.69) is 47.0 Å². The van der Waals surface area contributed by atoms with Gasteiger partial charge in [-0.15, -0.1) is 10.2 Å². The molecule has 10 heteroatoms. The number of carbonyl (C=O) groups excluding carboxylic acids is 1. The summed E-state index contributed by atoms with van der Waals surface area (Å²) >= 11 is 8.14. The number of hydrogen-bond donors (Lipinski definition) is 0. The number of amides is 1. The van der Waals surface area contributed by atoms with E-state index in [1.807, 2.05) is 54.6 Å². The van der Waals surface area contributed by atoms with Crippen LogP contribution in [0.4, 0.5) is 0 Å². The Morgan fingerprint density at radius 3 is 2.44 bits per heavy atom. The van der Waals surface area contributed by atoms with Gasteiger partial charge in [0, 0.05) is 27.8 Å². The SMILES string of the molecule is O=C(CSc1nnc(-c2cccnc2)o1)N1N=C(c2ccc(Br)cc2)CC1c1ccc(Br)cc1. The quantitative estimate of drug-likeness (QED) is 0.248. The van der Waals surface area contributed by atoms with Crippen molar-refractivity contribution in [1.29, 1.82) is 0 Å². The molecule has 0 spiro atoms. The van der Waals surface area contributed by atoms with E-state index >= 15 is 0 Å². The molecule has 4 aromatic rings. The largest absolute Gasteiger partial charge is 0.411 e. The van der Waals surface area contributed by atoms with E-state index in [9.17, 15) is 4.79 Å². The van der Waals surface area contributed by atoms with Crippen molar-refractivity contribution < 1.29 is 9.21 Å². The van der Waals surface area contributed by atoms with E-state index < -0.39 is 0 Å². The van der Waals surface area contributed by atoms with Crippen molar-refractivity contribution in [3.05, 3.63) is 93.1 Å². The van der Waals surface area contributed by atoms with Crippen molar-refractivity contribution >= 4 is 55.2 Å². The Balaban J connectivity index is 1.34. The van der Waals surface area contributed by atoms with Crippen LogP contribution in [0.25, 0.3) is 11.5 Å².